The van der Waals surface area contributed by atoms with Crippen molar-refractivity contribution in [1.82, 2.24) is 34.4 Å². The minimum atomic E-state index is -4.34. The van der Waals surface area contributed by atoms with E-state index >= 15 is 8.78 Å². The van der Waals surface area contributed by atoms with Crippen LogP contribution in [0.3, 0.4) is 0 Å². The molecule has 4 aromatic heterocycles. The molecule has 6 aromatic rings. The van der Waals surface area contributed by atoms with Crippen LogP contribution >= 0.6 is 0 Å². The van der Waals surface area contributed by atoms with Crippen LogP contribution in [0, 0.1) is 11.6 Å². The highest BCUT2D eigenvalue weighted by Gasteiger charge is 2.23. The van der Waals surface area contributed by atoms with Crippen LogP contribution in [0.15, 0.2) is 100 Å². The number of ether oxygens (including phenoxy) is 1. The molecule has 0 bridgehead atoms. The summed E-state index contributed by atoms with van der Waals surface area (Å²) in [5.41, 5.74) is -0.120. The van der Waals surface area contributed by atoms with Gasteiger partial charge in [0, 0.05) is 68.6 Å². The van der Waals surface area contributed by atoms with Gasteiger partial charge in [-0.1, -0.05) is 18.2 Å². The number of hydrogen-bond acceptors (Lipinski definition) is 10. The zero-order valence-electron chi connectivity index (χ0n) is 29.6. The second kappa shape index (κ2) is 15.3. The van der Waals surface area contributed by atoms with E-state index in [1.54, 1.807) is 37.5 Å². The second-order valence-electron chi connectivity index (χ2n) is 13.1. The maximum atomic E-state index is 15.2. The number of carbonyl (C=O) groups is 1. The van der Waals surface area contributed by atoms with Gasteiger partial charge in [0.2, 0.25) is 0 Å². The van der Waals surface area contributed by atoms with Crippen molar-refractivity contribution in [3.05, 3.63) is 135 Å². The number of nitrogens with one attached hydrogen (secondary N) is 2. The first-order chi connectivity index (χ1) is 26.4. The number of aryl methyl sites for hydroxylation is 1. The van der Waals surface area contributed by atoms with Gasteiger partial charge in [-0.05, 0) is 67.6 Å². The quantitative estimate of drug-likeness (QED) is 0.204. The van der Waals surface area contributed by atoms with E-state index < -0.39 is 56.1 Å². The summed E-state index contributed by atoms with van der Waals surface area (Å²) in [7, 11) is -2.82. The van der Waals surface area contributed by atoms with Crippen molar-refractivity contribution in [2.45, 2.75) is 43.0 Å². The number of aromatic nitrogens is 6. The molecular formula is C38H34F2N8O6S. The average molecular weight is 769 g/mol. The Morgan fingerprint density at radius 1 is 0.927 bits per heavy atom. The molecule has 0 radical (unpaired) electrons. The largest absolute Gasteiger partial charge is 0.381 e. The molecule has 7 rings (SSSR count). The maximum Gasteiger partial charge on any atom is 0.337 e. The Kier molecular flexibility index (Phi) is 10.3. The molecule has 2 aromatic carbocycles. The highest BCUT2D eigenvalue weighted by atomic mass is 32.2. The van der Waals surface area contributed by atoms with E-state index in [0.29, 0.717) is 47.6 Å². The van der Waals surface area contributed by atoms with Crippen molar-refractivity contribution in [3.8, 4) is 16.9 Å². The molecule has 1 atom stereocenters. The first-order valence-electron chi connectivity index (χ1n) is 17.2. The van der Waals surface area contributed by atoms with Gasteiger partial charge in [-0.2, -0.15) is 0 Å². The normalized spacial score (nSPS) is 14.1. The van der Waals surface area contributed by atoms with E-state index in [-0.39, 0.29) is 28.4 Å². The summed E-state index contributed by atoms with van der Waals surface area (Å²) >= 11 is 0. The van der Waals surface area contributed by atoms with E-state index in [1.807, 2.05) is 0 Å². The highest BCUT2D eigenvalue weighted by Crippen LogP contribution is 2.27. The van der Waals surface area contributed by atoms with Gasteiger partial charge in [0.25, 0.3) is 21.5 Å². The number of hydrogen-bond donors (Lipinski definition) is 2. The molecule has 0 unspecified atom stereocenters. The molecule has 1 amide bonds. The van der Waals surface area contributed by atoms with Gasteiger partial charge in [-0.25, -0.2) is 41.5 Å². The second-order valence-corrected chi connectivity index (χ2v) is 14.8. The van der Waals surface area contributed by atoms with Crippen molar-refractivity contribution in [1.29, 1.82) is 0 Å². The van der Waals surface area contributed by atoms with Crippen molar-refractivity contribution in [2.75, 3.05) is 17.9 Å². The number of benzene rings is 2. The fourth-order valence-corrected chi connectivity index (χ4v) is 7.41. The van der Waals surface area contributed by atoms with Crippen LogP contribution in [0.25, 0.3) is 27.8 Å². The molecule has 14 nitrogen and oxygen atoms in total. The first kappa shape index (κ1) is 37.1. The lowest BCUT2D eigenvalue weighted by atomic mass is 9.99. The van der Waals surface area contributed by atoms with Gasteiger partial charge in [0.1, 0.15) is 23.3 Å². The molecular weight excluding hydrogens is 735 g/mol. The molecule has 0 aliphatic carbocycles. The number of rotatable bonds is 10. The van der Waals surface area contributed by atoms with Gasteiger partial charge in [-0.15, -0.1) is 0 Å². The Labute approximate surface area is 313 Å². The van der Waals surface area contributed by atoms with Crippen LogP contribution in [0.1, 0.15) is 47.4 Å². The first-order valence-corrected chi connectivity index (χ1v) is 18.7. The summed E-state index contributed by atoms with van der Waals surface area (Å²) in [6.07, 6.45) is 9.57. The molecule has 55 heavy (non-hydrogen) atoms. The zero-order valence-corrected chi connectivity index (χ0v) is 30.4. The number of halogens is 2. The van der Waals surface area contributed by atoms with Gasteiger partial charge in [0.05, 0.1) is 33.2 Å². The van der Waals surface area contributed by atoms with E-state index in [1.165, 1.54) is 54.5 Å². The fourth-order valence-electron chi connectivity index (χ4n) is 6.36. The zero-order chi connectivity index (χ0) is 38.9. The SMILES string of the molecule is C[C@@H](Cc1ccc(-n2c(=O)c3ccncc3n(C)c2=O)nc1)NC(=O)c1cc(F)c(NS(=O)(=O)c2ccc(-c3cnc(C4CCOCC4)nc3)cc2)cc1F. The lowest BCUT2D eigenvalue weighted by Crippen LogP contribution is -2.38. The maximum absolute atomic E-state index is 15.2. The molecule has 282 valence electrons. The monoisotopic (exact) mass is 768 g/mol. The fraction of sp³-hybridized carbons (Fsp3) is 0.237. The molecule has 1 fully saturated rings. The Morgan fingerprint density at radius 3 is 2.35 bits per heavy atom. The summed E-state index contributed by atoms with van der Waals surface area (Å²) in [4.78, 5) is 56.0. The Hall–Kier alpha value is -6.20. The van der Waals surface area contributed by atoms with E-state index in [4.69, 9.17) is 4.74 Å². The lowest BCUT2D eigenvalue weighted by molar-refractivity contribution is 0.0836. The minimum absolute atomic E-state index is 0.0945. The van der Waals surface area contributed by atoms with Gasteiger partial charge in [0.15, 0.2) is 0 Å². The summed E-state index contributed by atoms with van der Waals surface area (Å²) < 4.78 is 66.3. The molecule has 0 saturated carbocycles. The number of pyridine rings is 2. The molecule has 1 saturated heterocycles. The van der Waals surface area contributed by atoms with Crippen molar-refractivity contribution in [3.63, 3.8) is 0 Å². The smallest absolute Gasteiger partial charge is 0.337 e. The topological polar surface area (TPSA) is 180 Å². The van der Waals surface area contributed by atoms with Crippen LogP contribution in [0.4, 0.5) is 14.5 Å². The third kappa shape index (κ3) is 7.74. The van der Waals surface area contributed by atoms with Gasteiger partial charge in [-0.3, -0.25) is 23.9 Å². The van der Waals surface area contributed by atoms with Crippen molar-refractivity contribution >= 4 is 32.5 Å². The number of fused-ring (bicyclic) bond motifs is 1. The predicted molar refractivity (Wildman–Crippen MR) is 198 cm³/mol. The van der Waals surface area contributed by atoms with E-state index in [2.05, 4.69) is 30.0 Å². The molecule has 17 heteroatoms. The molecule has 2 N–H and O–H groups in total. The number of amides is 1. The summed E-state index contributed by atoms with van der Waals surface area (Å²) in [5.74, 6) is -2.18. The summed E-state index contributed by atoms with van der Waals surface area (Å²) in [6.45, 7) is 2.97. The van der Waals surface area contributed by atoms with Gasteiger partial charge >= 0.3 is 5.69 Å². The summed E-state index contributed by atoms with van der Waals surface area (Å²) in [6, 6.07) is 11.0. The van der Waals surface area contributed by atoms with Crippen LogP contribution in [-0.2, 0) is 28.2 Å². The number of sulfonamides is 1. The van der Waals surface area contributed by atoms with Crippen LogP contribution in [0.2, 0.25) is 0 Å². The van der Waals surface area contributed by atoms with Crippen LogP contribution < -0.4 is 21.3 Å². The van der Waals surface area contributed by atoms with Crippen LogP contribution in [-0.4, -0.2) is 62.7 Å². The number of carbonyl (C=O) groups excluding carboxylic acids is 1. The molecule has 1 aliphatic rings. The van der Waals surface area contributed by atoms with Gasteiger partial charge < -0.3 is 10.1 Å². The minimum Gasteiger partial charge on any atom is -0.381 e. The van der Waals surface area contributed by atoms with E-state index in [9.17, 15) is 22.8 Å². The Balaban J connectivity index is 0.985. The number of anilines is 1. The average Bonchev–Trinajstić information content (AvgIpc) is 3.19. The predicted octanol–water partition coefficient (Wildman–Crippen LogP) is 4.27. The van der Waals surface area contributed by atoms with Crippen molar-refractivity contribution in [2.24, 2.45) is 7.05 Å². The summed E-state index contributed by atoms with van der Waals surface area (Å²) in [5, 5.41) is 2.89. The molecule has 1 aliphatic heterocycles. The van der Waals surface area contributed by atoms with E-state index in [0.717, 1.165) is 23.2 Å². The van der Waals surface area contributed by atoms with Crippen LogP contribution in [0.5, 0.6) is 0 Å². The lowest BCUT2D eigenvalue weighted by Gasteiger charge is -2.20. The van der Waals surface area contributed by atoms with Crippen molar-refractivity contribution < 1.29 is 26.7 Å². The standard InChI is InChI=1S/C38H34F2N8O6S/c1-22(15-23-3-8-34(42-18-23)48-37(50)28-9-12-41-21-33(28)47(2)38(48)51)45-36(49)29-16-31(40)32(17-30(29)39)46-55(52,53)27-6-4-24(5-7-27)26-19-43-35(44-20-26)25-10-13-54-14-11-25/h3-9,12,16-22,25,46H,10-11,13-15H2,1-2H3,(H,45,49)/t22-/m0/s1. The molecule has 0 spiro atoms. The Morgan fingerprint density at radius 2 is 1.65 bits per heavy atom. The molecule has 5 heterocycles. The third-order valence-electron chi connectivity index (χ3n) is 9.33. The third-order valence-corrected chi connectivity index (χ3v) is 10.7. The highest BCUT2D eigenvalue weighted by molar-refractivity contribution is 7.92. The number of nitrogens with zero attached hydrogens (tertiary/aromatic N) is 6. The Bertz CT molecular complexity index is 2630.